The molecule has 20 heavy (non-hydrogen) atoms. The highest BCUT2D eigenvalue weighted by molar-refractivity contribution is 5.85. The van der Waals surface area contributed by atoms with Gasteiger partial charge in [-0.3, -0.25) is 15.1 Å². The number of ether oxygens (including phenoxy) is 2. The zero-order valence-corrected chi connectivity index (χ0v) is 10.9. The maximum Gasteiger partial charge on any atom is 0.273 e. The number of hydrazone groups is 1. The molecule has 1 aromatic rings. The van der Waals surface area contributed by atoms with E-state index >= 15 is 0 Å². The molecule has 108 valence electrons. The van der Waals surface area contributed by atoms with E-state index in [1.165, 1.54) is 19.4 Å². The third-order valence-corrected chi connectivity index (χ3v) is 2.85. The van der Waals surface area contributed by atoms with Crippen molar-refractivity contribution in [3.8, 4) is 11.5 Å². The summed E-state index contributed by atoms with van der Waals surface area (Å²) in [6.07, 6.45) is 1.32. The summed E-state index contributed by atoms with van der Waals surface area (Å²) >= 11 is 0. The Morgan fingerprint density at radius 1 is 1.45 bits per heavy atom. The molecule has 1 aliphatic rings. The Kier molecular flexibility index (Phi) is 4.36. The van der Waals surface area contributed by atoms with E-state index in [1.807, 2.05) is 0 Å². The lowest BCUT2D eigenvalue weighted by molar-refractivity contribution is -0.385. The van der Waals surface area contributed by atoms with E-state index in [4.69, 9.17) is 9.47 Å². The minimum atomic E-state index is -0.575. The second-order valence-electron chi connectivity index (χ2n) is 4.13. The van der Waals surface area contributed by atoms with Crippen LogP contribution in [0.3, 0.4) is 0 Å². The molecule has 0 amide bonds. The van der Waals surface area contributed by atoms with Crippen LogP contribution in [0.5, 0.6) is 11.5 Å². The topological polar surface area (TPSA) is 100 Å². The van der Waals surface area contributed by atoms with Crippen molar-refractivity contribution >= 4 is 11.9 Å². The van der Waals surface area contributed by atoms with E-state index in [9.17, 15) is 15.2 Å². The van der Waals surface area contributed by atoms with E-state index in [0.717, 1.165) is 6.07 Å². The minimum absolute atomic E-state index is 0.0670. The van der Waals surface area contributed by atoms with Gasteiger partial charge in [0.15, 0.2) is 0 Å². The van der Waals surface area contributed by atoms with Crippen molar-refractivity contribution in [2.24, 2.45) is 5.10 Å². The molecule has 0 saturated carbocycles. The molecular formula is C12H14N3O5-. The molecular weight excluding hydrogens is 266 g/mol. The highest BCUT2D eigenvalue weighted by Crippen LogP contribution is 2.31. The lowest BCUT2D eigenvalue weighted by Gasteiger charge is -2.24. The average molecular weight is 280 g/mol. The molecule has 1 aliphatic heterocycles. The van der Waals surface area contributed by atoms with Gasteiger partial charge >= 0.3 is 0 Å². The van der Waals surface area contributed by atoms with Gasteiger partial charge in [-0.15, -0.1) is 0 Å². The van der Waals surface area contributed by atoms with Crippen molar-refractivity contribution in [1.82, 2.24) is 5.01 Å². The molecule has 1 aromatic carbocycles. The fourth-order valence-electron chi connectivity index (χ4n) is 1.77. The first-order chi connectivity index (χ1) is 9.61. The average Bonchev–Trinajstić information content (AvgIpc) is 2.47. The first-order valence-corrected chi connectivity index (χ1v) is 6.02. The van der Waals surface area contributed by atoms with Gasteiger partial charge in [-0.05, 0) is 5.56 Å². The smallest absolute Gasteiger partial charge is 0.273 e. The van der Waals surface area contributed by atoms with Gasteiger partial charge in [-0.2, -0.15) is 5.10 Å². The quantitative estimate of drug-likeness (QED) is 0.448. The van der Waals surface area contributed by atoms with Crippen LogP contribution in [0.2, 0.25) is 0 Å². The molecule has 8 nitrogen and oxygen atoms in total. The number of nitro groups is 1. The van der Waals surface area contributed by atoms with Gasteiger partial charge in [0.1, 0.15) is 5.75 Å². The summed E-state index contributed by atoms with van der Waals surface area (Å²) in [6.45, 7) is 2.38. The van der Waals surface area contributed by atoms with Gasteiger partial charge in [-0.1, -0.05) is 5.75 Å². The van der Waals surface area contributed by atoms with Crippen molar-refractivity contribution in [2.45, 2.75) is 0 Å². The summed E-state index contributed by atoms with van der Waals surface area (Å²) in [5.74, 6) is -0.488. The third-order valence-electron chi connectivity index (χ3n) is 2.85. The Morgan fingerprint density at radius 3 is 2.75 bits per heavy atom. The largest absolute Gasteiger partial charge is 0.870 e. The summed E-state index contributed by atoms with van der Waals surface area (Å²) < 4.78 is 10.0. The predicted octanol–water partition coefficient (Wildman–Crippen LogP) is 0.343. The number of morpholine rings is 1. The third kappa shape index (κ3) is 3.15. The molecule has 1 fully saturated rings. The molecule has 0 radical (unpaired) electrons. The standard InChI is InChI=1S/C12H15N3O5/c1-19-11-7-10(15(17)18)6-9(12(11)16)8-13-14-2-4-20-5-3-14/h6-8,16H,2-5H2,1H3/p-1/b13-8-. The van der Waals surface area contributed by atoms with Crippen LogP contribution in [0, 0.1) is 10.1 Å². The molecule has 1 saturated heterocycles. The maximum absolute atomic E-state index is 12.0. The summed E-state index contributed by atoms with van der Waals surface area (Å²) in [6, 6.07) is 2.29. The van der Waals surface area contributed by atoms with Gasteiger partial charge in [0, 0.05) is 6.07 Å². The van der Waals surface area contributed by atoms with E-state index < -0.39 is 10.7 Å². The number of benzene rings is 1. The van der Waals surface area contributed by atoms with Crippen molar-refractivity contribution in [3.63, 3.8) is 0 Å². The molecule has 0 N–H and O–H groups in total. The molecule has 0 atom stereocenters. The number of nitro benzene ring substituents is 1. The van der Waals surface area contributed by atoms with Gasteiger partial charge in [0.25, 0.3) is 5.69 Å². The Morgan fingerprint density at radius 2 is 2.15 bits per heavy atom. The highest BCUT2D eigenvalue weighted by Gasteiger charge is 2.12. The number of non-ortho nitro benzene ring substituents is 1. The molecule has 0 aliphatic carbocycles. The number of rotatable bonds is 4. The second-order valence-corrected chi connectivity index (χ2v) is 4.13. The van der Waals surface area contributed by atoms with E-state index in [-0.39, 0.29) is 17.0 Å². The summed E-state index contributed by atoms with van der Waals surface area (Å²) in [5, 5.41) is 28.7. The molecule has 2 rings (SSSR count). The van der Waals surface area contributed by atoms with Gasteiger partial charge in [-0.25, -0.2) is 0 Å². The number of hydrogen-bond donors (Lipinski definition) is 0. The van der Waals surface area contributed by atoms with E-state index in [2.05, 4.69) is 5.10 Å². The molecule has 0 spiro atoms. The fraction of sp³-hybridized carbons (Fsp3) is 0.417. The fourth-order valence-corrected chi connectivity index (χ4v) is 1.77. The molecule has 1 heterocycles. The normalized spacial score (nSPS) is 15.6. The molecule has 0 bridgehead atoms. The summed E-state index contributed by atoms with van der Waals surface area (Å²) in [5.41, 5.74) is -0.0765. The zero-order valence-electron chi connectivity index (χ0n) is 10.9. The Balaban J connectivity index is 2.27. The van der Waals surface area contributed by atoms with Crippen LogP contribution in [0.4, 0.5) is 5.69 Å². The van der Waals surface area contributed by atoms with Crippen LogP contribution in [-0.2, 0) is 4.74 Å². The Bertz CT molecular complexity index is 526. The lowest BCUT2D eigenvalue weighted by atomic mass is 10.2. The minimum Gasteiger partial charge on any atom is -0.870 e. The summed E-state index contributed by atoms with van der Waals surface area (Å²) in [7, 11) is 1.29. The first-order valence-electron chi connectivity index (χ1n) is 6.02. The second kappa shape index (κ2) is 6.20. The van der Waals surface area contributed by atoms with Gasteiger partial charge in [0.2, 0.25) is 0 Å². The van der Waals surface area contributed by atoms with Crippen LogP contribution in [-0.4, -0.2) is 49.6 Å². The number of methoxy groups -OCH3 is 1. The van der Waals surface area contributed by atoms with Crippen molar-refractivity contribution in [2.75, 3.05) is 33.4 Å². The van der Waals surface area contributed by atoms with Crippen LogP contribution in [0.15, 0.2) is 17.2 Å². The lowest BCUT2D eigenvalue weighted by Crippen LogP contribution is -2.32. The van der Waals surface area contributed by atoms with Crippen LogP contribution >= 0.6 is 0 Å². The van der Waals surface area contributed by atoms with Crippen LogP contribution in [0.25, 0.3) is 0 Å². The maximum atomic E-state index is 12.0. The zero-order chi connectivity index (χ0) is 14.5. The molecule has 0 unspecified atom stereocenters. The first kappa shape index (κ1) is 14.1. The SMILES string of the molecule is COc1cc([N+](=O)[O-])cc(/C=N\N2CCOCC2)c1[O-]. The van der Waals surface area contributed by atoms with Crippen LogP contribution < -0.4 is 9.84 Å². The molecule has 0 aromatic heterocycles. The Labute approximate surface area is 115 Å². The predicted molar refractivity (Wildman–Crippen MR) is 69.1 cm³/mol. The van der Waals surface area contributed by atoms with Crippen molar-refractivity contribution in [1.29, 1.82) is 0 Å². The van der Waals surface area contributed by atoms with Crippen molar-refractivity contribution in [3.05, 3.63) is 27.8 Å². The molecule has 8 heteroatoms. The number of nitrogens with zero attached hydrogens (tertiary/aromatic N) is 3. The van der Waals surface area contributed by atoms with Gasteiger partial charge < -0.3 is 14.6 Å². The monoisotopic (exact) mass is 280 g/mol. The van der Waals surface area contributed by atoms with Crippen molar-refractivity contribution < 1.29 is 19.5 Å². The van der Waals surface area contributed by atoms with Crippen LogP contribution in [0.1, 0.15) is 5.56 Å². The van der Waals surface area contributed by atoms with Gasteiger partial charge in [0.05, 0.1) is 50.6 Å². The summed E-state index contributed by atoms with van der Waals surface area (Å²) in [4.78, 5) is 10.2. The number of hydrogen-bond acceptors (Lipinski definition) is 7. The van der Waals surface area contributed by atoms with E-state index in [0.29, 0.717) is 26.3 Å². The Hall–Kier alpha value is -2.35. The highest BCUT2D eigenvalue weighted by atomic mass is 16.6. The van der Waals surface area contributed by atoms with E-state index in [1.54, 1.807) is 5.01 Å².